The van der Waals surface area contributed by atoms with Crippen molar-refractivity contribution in [2.45, 2.75) is 17.7 Å². The summed E-state index contributed by atoms with van der Waals surface area (Å²) in [5, 5.41) is 14.8. The molecule has 1 amide bonds. The maximum atomic E-state index is 11.9. The molecule has 3 aromatic rings. The van der Waals surface area contributed by atoms with E-state index >= 15 is 0 Å². The van der Waals surface area contributed by atoms with Gasteiger partial charge in [0.15, 0.2) is 4.34 Å². The van der Waals surface area contributed by atoms with Gasteiger partial charge < -0.3 is 5.32 Å². The second-order valence-electron chi connectivity index (χ2n) is 4.31. The van der Waals surface area contributed by atoms with Gasteiger partial charge in [-0.25, -0.2) is 0 Å². The summed E-state index contributed by atoms with van der Waals surface area (Å²) < 4.78 is 2.41. The van der Waals surface area contributed by atoms with Gasteiger partial charge in [0.1, 0.15) is 6.33 Å². The van der Waals surface area contributed by atoms with Crippen molar-refractivity contribution < 1.29 is 4.79 Å². The Labute approximate surface area is 129 Å². The van der Waals surface area contributed by atoms with Crippen LogP contribution in [0.3, 0.4) is 0 Å². The zero-order valence-corrected chi connectivity index (χ0v) is 12.9. The second kappa shape index (κ2) is 6.23. The number of thioether (sulfide) groups is 1. The Kier molecular flexibility index (Phi) is 4.16. The van der Waals surface area contributed by atoms with E-state index in [9.17, 15) is 4.79 Å². The van der Waals surface area contributed by atoms with Crippen LogP contribution in [-0.2, 0) is 11.2 Å². The van der Waals surface area contributed by atoms with Crippen LogP contribution in [0.15, 0.2) is 34.9 Å². The average molecular weight is 319 g/mol. The molecule has 0 saturated heterocycles. The number of hydrogen-bond acceptors (Lipinski definition) is 6. The number of carbonyl (C=O) groups is 1. The first-order valence-corrected chi connectivity index (χ1v) is 8.23. The molecule has 0 bridgehead atoms. The Hall–Kier alpha value is -1.93. The Morgan fingerprint density at radius 3 is 2.90 bits per heavy atom. The fourth-order valence-corrected chi connectivity index (χ4v) is 3.41. The minimum Gasteiger partial charge on any atom is -0.325 e. The van der Waals surface area contributed by atoms with Crippen molar-refractivity contribution in [3.8, 4) is 0 Å². The van der Waals surface area contributed by atoms with Crippen molar-refractivity contribution in [2.75, 3.05) is 11.1 Å². The Balaban J connectivity index is 1.54. The van der Waals surface area contributed by atoms with Crippen molar-refractivity contribution in [1.82, 2.24) is 19.8 Å². The quantitative estimate of drug-likeness (QED) is 0.732. The molecule has 0 atom stereocenters. The van der Waals surface area contributed by atoms with Crippen LogP contribution in [0.4, 0.5) is 5.69 Å². The van der Waals surface area contributed by atoms with Gasteiger partial charge in [0.05, 0.1) is 5.75 Å². The lowest BCUT2D eigenvalue weighted by Gasteiger charge is -2.05. The van der Waals surface area contributed by atoms with Gasteiger partial charge in [-0.2, -0.15) is 4.52 Å². The Morgan fingerprint density at radius 2 is 2.19 bits per heavy atom. The van der Waals surface area contributed by atoms with Crippen molar-refractivity contribution in [1.29, 1.82) is 0 Å². The zero-order valence-electron chi connectivity index (χ0n) is 11.3. The molecule has 0 aliphatic carbocycles. The van der Waals surface area contributed by atoms with Crippen LogP contribution >= 0.6 is 23.1 Å². The van der Waals surface area contributed by atoms with E-state index in [1.165, 1.54) is 28.7 Å². The fraction of sp³-hybridized carbons (Fsp3) is 0.231. The highest BCUT2D eigenvalue weighted by atomic mass is 32.2. The number of rotatable bonds is 5. The van der Waals surface area contributed by atoms with E-state index in [0.717, 1.165) is 21.4 Å². The number of aryl methyl sites for hydroxylation is 1. The topological polar surface area (TPSA) is 72.2 Å². The normalized spacial score (nSPS) is 10.9. The van der Waals surface area contributed by atoms with Crippen LogP contribution in [0, 0.1) is 0 Å². The Bertz CT molecular complexity index is 721. The predicted octanol–water partition coefficient (Wildman–Crippen LogP) is 2.48. The maximum absolute atomic E-state index is 11.9. The Morgan fingerprint density at radius 1 is 1.38 bits per heavy atom. The molecule has 0 aliphatic rings. The molecule has 0 unspecified atom stereocenters. The average Bonchev–Trinajstić information content (AvgIpc) is 3.07. The number of amides is 1. The molecule has 2 aromatic heterocycles. The first-order chi connectivity index (χ1) is 10.2. The van der Waals surface area contributed by atoms with Crippen molar-refractivity contribution >= 4 is 39.7 Å². The first kappa shape index (κ1) is 14.0. The third kappa shape index (κ3) is 3.40. The monoisotopic (exact) mass is 319 g/mol. The number of anilines is 1. The standard InChI is InChI=1S/C13H13N5OS2/c1-2-9-3-5-10(6-4-9)15-11(19)7-20-13-17-18-8-14-16-12(18)21-13/h3-6,8H,2,7H2,1H3,(H,15,19). The predicted molar refractivity (Wildman–Crippen MR) is 83.8 cm³/mol. The maximum Gasteiger partial charge on any atom is 0.235 e. The molecular formula is C13H13N5OS2. The van der Waals surface area contributed by atoms with Crippen molar-refractivity contribution in [3.63, 3.8) is 0 Å². The fourth-order valence-electron chi connectivity index (χ4n) is 1.75. The van der Waals surface area contributed by atoms with Crippen LogP contribution in [0.1, 0.15) is 12.5 Å². The van der Waals surface area contributed by atoms with Gasteiger partial charge in [0.2, 0.25) is 10.9 Å². The lowest BCUT2D eigenvalue weighted by molar-refractivity contribution is -0.113. The number of nitrogens with one attached hydrogen (secondary N) is 1. The molecule has 0 saturated carbocycles. The van der Waals surface area contributed by atoms with Gasteiger partial charge in [0.25, 0.3) is 0 Å². The van der Waals surface area contributed by atoms with E-state index in [-0.39, 0.29) is 5.91 Å². The summed E-state index contributed by atoms with van der Waals surface area (Å²) in [4.78, 5) is 12.6. The summed E-state index contributed by atoms with van der Waals surface area (Å²) >= 11 is 2.81. The summed E-state index contributed by atoms with van der Waals surface area (Å²) in [6, 6.07) is 7.88. The molecule has 1 aromatic carbocycles. The van der Waals surface area contributed by atoms with Gasteiger partial charge >= 0.3 is 0 Å². The molecule has 8 heteroatoms. The third-order valence-electron chi connectivity index (χ3n) is 2.84. The molecule has 3 rings (SSSR count). The number of aromatic nitrogens is 4. The number of fused-ring (bicyclic) bond motifs is 1. The van der Waals surface area contributed by atoms with E-state index in [2.05, 4.69) is 27.5 Å². The van der Waals surface area contributed by atoms with E-state index in [4.69, 9.17) is 0 Å². The molecule has 2 heterocycles. The van der Waals surface area contributed by atoms with Crippen molar-refractivity contribution in [2.24, 2.45) is 0 Å². The van der Waals surface area contributed by atoms with Crippen LogP contribution in [0.25, 0.3) is 4.96 Å². The number of hydrogen-bond donors (Lipinski definition) is 1. The highest BCUT2D eigenvalue weighted by Gasteiger charge is 2.09. The minimum atomic E-state index is -0.0461. The summed E-state index contributed by atoms with van der Waals surface area (Å²) in [7, 11) is 0. The SMILES string of the molecule is CCc1ccc(NC(=O)CSc2nn3cnnc3s2)cc1. The van der Waals surface area contributed by atoms with Gasteiger partial charge in [0, 0.05) is 5.69 Å². The van der Waals surface area contributed by atoms with Gasteiger partial charge in [-0.1, -0.05) is 42.2 Å². The van der Waals surface area contributed by atoms with E-state index in [1.54, 1.807) is 10.8 Å². The van der Waals surface area contributed by atoms with Gasteiger partial charge in [-0.3, -0.25) is 4.79 Å². The zero-order chi connectivity index (χ0) is 14.7. The van der Waals surface area contributed by atoms with Crippen LogP contribution in [0.2, 0.25) is 0 Å². The number of carbonyl (C=O) groups excluding carboxylic acids is 1. The molecule has 108 valence electrons. The minimum absolute atomic E-state index is 0.0461. The summed E-state index contributed by atoms with van der Waals surface area (Å²) in [5.74, 6) is 0.273. The molecule has 0 fully saturated rings. The van der Waals surface area contributed by atoms with Crippen LogP contribution in [0.5, 0.6) is 0 Å². The van der Waals surface area contributed by atoms with Crippen LogP contribution < -0.4 is 5.32 Å². The number of nitrogens with zero attached hydrogens (tertiary/aromatic N) is 4. The summed E-state index contributed by atoms with van der Waals surface area (Å²) in [5.41, 5.74) is 2.07. The molecule has 1 N–H and O–H groups in total. The molecule has 0 aliphatic heterocycles. The van der Waals surface area contributed by atoms with E-state index in [0.29, 0.717) is 5.75 Å². The largest absolute Gasteiger partial charge is 0.325 e. The van der Waals surface area contributed by atoms with E-state index < -0.39 is 0 Å². The highest BCUT2D eigenvalue weighted by Crippen LogP contribution is 2.23. The first-order valence-electron chi connectivity index (χ1n) is 6.43. The lowest BCUT2D eigenvalue weighted by Crippen LogP contribution is -2.13. The summed E-state index contributed by atoms with van der Waals surface area (Å²) in [6.07, 6.45) is 2.54. The lowest BCUT2D eigenvalue weighted by atomic mass is 10.1. The summed E-state index contributed by atoms with van der Waals surface area (Å²) in [6.45, 7) is 2.10. The highest BCUT2D eigenvalue weighted by molar-refractivity contribution is 8.01. The number of benzene rings is 1. The van der Waals surface area contributed by atoms with Gasteiger partial charge in [-0.05, 0) is 24.1 Å². The van der Waals surface area contributed by atoms with Crippen LogP contribution in [-0.4, -0.2) is 31.5 Å². The molecular weight excluding hydrogens is 306 g/mol. The molecule has 0 spiro atoms. The third-order valence-corrected chi connectivity index (χ3v) is 4.89. The molecule has 0 radical (unpaired) electrons. The van der Waals surface area contributed by atoms with E-state index in [1.807, 2.05) is 24.3 Å². The van der Waals surface area contributed by atoms with Gasteiger partial charge in [-0.15, -0.1) is 15.3 Å². The molecule has 21 heavy (non-hydrogen) atoms. The second-order valence-corrected chi connectivity index (χ2v) is 6.49. The van der Waals surface area contributed by atoms with Crippen molar-refractivity contribution in [3.05, 3.63) is 36.2 Å². The smallest absolute Gasteiger partial charge is 0.235 e. The molecule has 6 nitrogen and oxygen atoms in total.